The number of nitriles is 1. The van der Waals surface area contributed by atoms with Crippen LogP contribution in [0.25, 0.3) is 10.9 Å². The van der Waals surface area contributed by atoms with Crippen molar-refractivity contribution < 1.29 is 0 Å². The number of fused-ring (bicyclic) bond motifs is 1. The second-order valence-corrected chi connectivity index (χ2v) is 7.46. The summed E-state index contributed by atoms with van der Waals surface area (Å²) in [6, 6.07) is 16.3. The van der Waals surface area contributed by atoms with Crippen LogP contribution in [0.3, 0.4) is 0 Å². The Balaban J connectivity index is 1.36. The summed E-state index contributed by atoms with van der Waals surface area (Å²) in [6.45, 7) is 1.95. The average molecular weight is 395 g/mol. The van der Waals surface area contributed by atoms with Gasteiger partial charge in [-0.3, -0.25) is 4.90 Å². The fraction of sp³-hybridized carbons (Fsp3) is 0.217. The Labute approximate surface area is 174 Å². The van der Waals surface area contributed by atoms with E-state index in [1.165, 1.54) is 16.5 Å². The van der Waals surface area contributed by atoms with Crippen LogP contribution < -0.4 is 5.32 Å². The molecule has 5 rings (SSSR count). The fourth-order valence-corrected chi connectivity index (χ4v) is 4.14. The van der Waals surface area contributed by atoms with Crippen molar-refractivity contribution in [3.05, 3.63) is 78.0 Å². The SMILES string of the molecule is N#Cc1ccc(Nc2nccc(C3CCCN3Cc3cccc4[nH]ccc34)n2)cn1. The molecule has 1 saturated heterocycles. The Kier molecular flexibility index (Phi) is 4.83. The smallest absolute Gasteiger partial charge is 0.227 e. The van der Waals surface area contributed by atoms with Gasteiger partial charge in [0.1, 0.15) is 11.8 Å². The molecule has 4 heterocycles. The number of H-pyrrole nitrogens is 1. The number of aromatic amines is 1. The molecule has 1 unspecified atom stereocenters. The lowest BCUT2D eigenvalue weighted by atomic mass is 10.1. The molecule has 1 atom stereocenters. The number of likely N-dealkylation sites (tertiary alicyclic amines) is 1. The maximum absolute atomic E-state index is 8.89. The summed E-state index contributed by atoms with van der Waals surface area (Å²) in [7, 11) is 0. The van der Waals surface area contributed by atoms with Crippen LogP contribution >= 0.6 is 0 Å². The molecule has 3 aromatic heterocycles. The third-order valence-electron chi connectivity index (χ3n) is 5.58. The lowest BCUT2D eigenvalue weighted by molar-refractivity contribution is 0.245. The predicted molar refractivity (Wildman–Crippen MR) is 115 cm³/mol. The van der Waals surface area contributed by atoms with Gasteiger partial charge in [0, 0.05) is 29.8 Å². The molecular weight excluding hydrogens is 374 g/mol. The maximum Gasteiger partial charge on any atom is 0.227 e. The van der Waals surface area contributed by atoms with Crippen molar-refractivity contribution in [3.8, 4) is 6.07 Å². The molecule has 7 heteroatoms. The molecule has 0 aliphatic carbocycles. The molecule has 30 heavy (non-hydrogen) atoms. The van der Waals surface area contributed by atoms with Gasteiger partial charge in [0.2, 0.25) is 5.95 Å². The third-order valence-corrected chi connectivity index (χ3v) is 5.58. The average Bonchev–Trinajstić information content (AvgIpc) is 3.44. The van der Waals surface area contributed by atoms with Gasteiger partial charge in [-0.25, -0.2) is 15.0 Å². The number of anilines is 2. The molecule has 0 bridgehead atoms. The van der Waals surface area contributed by atoms with Gasteiger partial charge in [0.05, 0.1) is 23.6 Å². The van der Waals surface area contributed by atoms with Crippen LogP contribution in [0.5, 0.6) is 0 Å². The summed E-state index contributed by atoms with van der Waals surface area (Å²) in [6.07, 6.45) is 7.65. The summed E-state index contributed by atoms with van der Waals surface area (Å²) in [5, 5.41) is 13.4. The van der Waals surface area contributed by atoms with Gasteiger partial charge in [-0.1, -0.05) is 12.1 Å². The molecular formula is C23H21N7. The van der Waals surface area contributed by atoms with Crippen LogP contribution in [0, 0.1) is 11.3 Å². The summed E-state index contributed by atoms with van der Waals surface area (Å²) < 4.78 is 0. The van der Waals surface area contributed by atoms with Crippen LogP contribution in [-0.2, 0) is 6.54 Å². The van der Waals surface area contributed by atoms with Crippen LogP contribution in [0.1, 0.15) is 35.8 Å². The number of benzene rings is 1. The standard InChI is InChI=1S/C23H21N7/c24-13-17-6-7-18(14-27-17)28-23-26-11-9-21(29-23)22-5-2-12-30(22)15-16-3-1-4-20-19(16)8-10-25-20/h1,3-4,6-11,14,22,25H,2,5,12,15H2,(H,26,28,29). The molecule has 0 amide bonds. The summed E-state index contributed by atoms with van der Waals surface area (Å²) in [5.74, 6) is 0.540. The van der Waals surface area contributed by atoms with Crippen molar-refractivity contribution in [2.24, 2.45) is 0 Å². The van der Waals surface area contributed by atoms with Gasteiger partial charge in [0.15, 0.2) is 0 Å². The molecule has 7 nitrogen and oxygen atoms in total. The van der Waals surface area contributed by atoms with Gasteiger partial charge in [-0.2, -0.15) is 5.26 Å². The van der Waals surface area contributed by atoms with Gasteiger partial charge >= 0.3 is 0 Å². The van der Waals surface area contributed by atoms with Crippen molar-refractivity contribution in [1.82, 2.24) is 24.8 Å². The number of aromatic nitrogens is 4. The lowest BCUT2D eigenvalue weighted by Gasteiger charge is -2.24. The number of pyridine rings is 1. The van der Waals surface area contributed by atoms with Crippen LogP contribution in [-0.4, -0.2) is 31.4 Å². The zero-order valence-corrected chi connectivity index (χ0v) is 16.4. The maximum atomic E-state index is 8.89. The first-order chi connectivity index (χ1) is 14.8. The molecule has 0 radical (unpaired) electrons. The van der Waals surface area contributed by atoms with Crippen molar-refractivity contribution in [2.75, 3.05) is 11.9 Å². The van der Waals surface area contributed by atoms with E-state index in [-0.39, 0.29) is 6.04 Å². The van der Waals surface area contributed by atoms with E-state index in [4.69, 9.17) is 10.2 Å². The quantitative estimate of drug-likeness (QED) is 0.523. The largest absolute Gasteiger partial charge is 0.361 e. The highest BCUT2D eigenvalue weighted by molar-refractivity contribution is 5.82. The Morgan fingerprint density at radius 2 is 2.13 bits per heavy atom. The molecule has 0 spiro atoms. The highest BCUT2D eigenvalue weighted by Crippen LogP contribution is 2.33. The molecule has 1 aliphatic heterocycles. The van der Waals surface area contributed by atoms with E-state index >= 15 is 0 Å². The normalized spacial score (nSPS) is 16.6. The van der Waals surface area contributed by atoms with Gasteiger partial charge in [-0.05, 0) is 55.3 Å². The highest BCUT2D eigenvalue weighted by Gasteiger charge is 2.27. The van der Waals surface area contributed by atoms with Crippen molar-refractivity contribution in [2.45, 2.75) is 25.4 Å². The first kappa shape index (κ1) is 18.3. The van der Waals surface area contributed by atoms with Gasteiger partial charge < -0.3 is 10.3 Å². The Morgan fingerprint density at radius 3 is 3.00 bits per heavy atom. The molecule has 2 N–H and O–H groups in total. The van der Waals surface area contributed by atoms with Gasteiger partial charge in [-0.15, -0.1) is 0 Å². The van der Waals surface area contributed by atoms with Crippen LogP contribution in [0.15, 0.2) is 61.1 Å². The zero-order chi connectivity index (χ0) is 20.3. The number of nitrogens with zero attached hydrogens (tertiary/aromatic N) is 5. The Morgan fingerprint density at radius 1 is 1.17 bits per heavy atom. The summed E-state index contributed by atoms with van der Waals surface area (Å²) in [5.41, 5.74) is 4.67. The minimum atomic E-state index is 0.266. The topological polar surface area (TPSA) is 93.5 Å². The molecule has 0 saturated carbocycles. The van der Waals surface area contributed by atoms with Crippen molar-refractivity contribution in [1.29, 1.82) is 5.26 Å². The van der Waals surface area contributed by atoms with Crippen molar-refractivity contribution >= 4 is 22.5 Å². The van der Waals surface area contributed by atoms with Gasteiger partial charge in [0.25, 0.3) is 0 Å². The second kappa shape index (κ2) is 7.93. The minimum Gasteiger partial charge on any atom is -0.361 e. The fourth-order valence-electron chi connectivity index (χ4n) is 4.14. The molecule has 1 aliphatic rings. The van der Waals surface area contributed by atoms with Crippen LogP contribution in [0.4, 0.5) is 11.6 Å². The zero-order valence-electron chi connectivity index (χ0n) is 16.4. The van der Waals surface area contributed by atoms with E-state index in [0.717, 1.165) is 37.3 Å². The lowest BCUT2D eigenvalue weighted by Crippen LogP contribution is -2.23. The van der Waals surface area contributed by atoms with E-state index < -0.39 is 0 Å². The summed E-state index contributed by atoms with van der Waals surface area (Å²) in [4.78, 5) is 19.0. The van der Waals surface area contributed by atoms with Crippen LogP contribution in [0.2, 0.25) is 0 Å². The minimum absolute atomic E-state index is 0.266. The monoisotopic (exact) mass is 395 g/mol. The molecule has 1 fully saturated rings. The first-order valence-corrected chi connectivity index (χ1v) is 10.1. The number of rotatable bonds is 5. The molecule has 4 aromatic rings. The second-order valence-electron chi connectivity index (χ2n) is 7.46. The number of hydrogen-bond acceptors (Lipinski definition) is 6. The van der Waals surface area contributed by atoms with E-state index in [1.54, 1.807) is 24.5 Å². The van der Waals surface area contributed by atoms with E-state index in [1.807, 2.05) is 18.3 Å². The summed E-state index contributed by atoms with van der Waals surface area (Å²) >= 11 is 0. The van der Waals surface area contributed by atoms with E-state index in [0.29, 0.717) is 11.6 Å². The van der Waals surface area contributed by atoms with Crippen molar-refractivity contribution in [3.63, 3.8) is 0 Å². The predicted octanol–water partition coefficient (Wildman–Crippen LogP) is 4.31. The third kappa shape index (κ3) is 3.61. The Hall–Kier alpha value is -3.76. The Bertz CT molecular complexity index is 1210. The first-order valence-electron chi connectivity index (χ1n) is 10.1. The number of nitrogens with one attached hydrogen (secondary N) is 2. The number of hydrogen-bond donors (Lipinski definition) is 2. The highest BCUT2D eigenvalue weighted by atomic mass is 15.2. The van der Waals surface area contributed by atoms with E-state index in [9.17, 15) is 0 Å². The molecule has 1 aromatic carbocycles. The van der Waals surface area contributed by atoms with E-state index in [2.05, 4.69) is 49.4 Å². The molecule has 148 valence electrons.